The van der Waals surface area contributed by atoms with Gasteiger partial charge in [0.1, 0.15) is 10.7 Å². The lowest BCUT2D eigenvalue weighted by Gasteiger charge is -2.37. The molecule has 1 aliphatic rings. The Morgan fingerprint density at radius 2 is 1.71 bits per heavy atom. The molecule has 0 aliphatic heterocycles. The van der Waals surface area contributed by atoms with Crippen molar-refractivity contribution in [3.63, 3.8) is 0 Å². The molecule has 3 N–H and O–H groups in total. The monoisotopic (exact) mass is 356 g/mol. The van der Waals surface area contributed by atoms with Crippen molar-refractivity contribution in [1.82, 2.24) is 0 Å². The second-order valence-corrected chi connectivity index (χ2v) is 6.34. The standard InChI is InChI=1S/C15H16O8S/c1-22-15(23-2)11(24(19,20)21)8-10(13(17)14(15)18)12(16)9-6-4-3-5-7-9/h3-8,14,16,18H,1-2H3,(H,19,20,21). The number of carbonyl (C=O) groups is 1. The van der Waals surface area contributed by atoms with Crippen molar-refractivity contribution in [2.75, 3.05) is 14.2 Å². The summed E-state index contributed by atoms with van der Waals surface area (Å²) < 4.78 is 42.5. The van der Waals surface area contributed by atoms with Gasteiger partial charge in [-0.15, -0.1) is 0 Å². The van der Waals surface area contributed by atoms with Crippen LogP contribution in [-0.4, -0.2) is 55.1 Å². The third kappa shape index (κ3) is 2.87. The summed E-state index contributed by atoms with van der Waals surface area (Å²) in [6, 6.07) is 7.84. The van der Waals surface area contributed by atoms with Crippen LogP contribution >= 0.6 is 0 Å². The molecule has 0 radical (unpaired) electrons. The van der Waals surface area contributed by atoms with Crippen molar-refractivity contribution in [3.8, 4) is 0 Å². The van der Waals surface area contributed by atoms with Crippen LogP contribution in [0.25, 0.3) is 5.76 Å². The third-order valence-electron chi connectivity index (χ3n) is 3.68. The number of ketones is 1. The predicted molar refractivity (Wildman–Crippen MR) is 83.4 cm³/mol. The summed E-state index contributed by atoms with van der Waals surface area (Å²) in [5, 5.41) is 20.5. The fourth-order valence-corrected chi connectivity index (χ4v) is 3.36. The van der Waals surface area contributed by atoms with Crippen LogP contribution in [0.3, 0.4) is 0 Å². The summed E-state index contributed by atoms with van der Waals surface area (Å²) >= 11 is 0. The summed E-state index contributed by atoms with van der Waals surface area (Å²) in [5.74, 6) is -3.99. The van der Waals surface area contributed by atoms with Crippen LogP contribution in [0.15, 0.2) is 46.9 Å². The second-order valence-electron chi connectivity index (χ2n) is 4.95. The first-order valence-electron chi connectivity index (χ1n) is 6.70. The highest BCUT2D eigenvalue weighted by Crippen LogP contribution is 2.38. The third-order valence-corrected chi connectivity index (χ3v) is 4.64. The molecule has 0 spiro atoms. The van der Waals surface area contributed by atoms with E-state index in [0.29, 0.717) is 0 Å². The Bertz CT molecular complexity index is 803. The summed E-state index contributed by atoms with van der Waals surface area (Å²) in [7, 11) is -2.90. The molecule has 2 rings (SSSR count). The molecule has 0 amide bonds. The van der Waals surface area contributed by atoms with Crippen molar-refractivity contribution in [2.24, 2.45) is 0 Å². The average molecular weight is 356 g/mol. The maximum atomic E-state index is 12.4. The van der Waals surface area contributed by atoms with E-state index in [4.69, 9.17) is 9.47 Å². The zero-order chi connectivity index (χ0) is 18.1. The number of ether oxygens (including phenoxy) is 2. The van der Waals surface area contributed by atoms with E-state index in [1.165, 1.54) is 12.1 Å². The zero-order valence-corrected chi connectivity index (χ0v) is 13.6. The molecule has 1 aromatic rings. The highest BCUT2D eigenvalue weighted by molar-refractivity contribution is 7.89. The summed E-state index contributed by atoms with van der Waals surface area (Å²) in [5.41, 5.74) is -0.271. The number of allylic oxidation sites excluding steroid dienone is 1. The minimum absolute atomic E-state index is 0.223. The minimum atomic E-state index is -4.91. The molecule has 1 aromatic carbocycles. The fraction of sp³-hybridized carbons (Fsp3) is 0.267. The quantitative estimate of drug-likeness (QED) is 0.310. The Kier molecular flexibility index (Phi) is 4.92. The summed E-state index contributed by atoms with van der Waals surface area (Å²) in [4.78, 5) is 11.5. The molecule has 24 heavy (non-hydrogen) atoms. The average Bonchev–Trinajstić information content (AvgIpc) is 2.56. The van der Waals surface area contributed by atoms with E-state index >= 15 is 0 Å². The highest BCUT2D eigenvalue weighted by Gasteiger charge is 2.55. The van der Waals surface area contributed by atoms with Crippen molar-refractivity contribution in [1.29, 1.82) is 0 Å². The Labute approximate surface area is 138 Å². The molecule has 0 saturated carbocycles. The molecular formula is C15H16O8S. The first-order chi connectivity index (χ1) is 11.2. The van der Waals surface area contributed by atoms with Crippen LogP contribution in [0.2, 0.25) is 0 Å². The maximum Gasteiger partial charge on any atom is 0.296 e. The van der Waals surface area contributed by atoms with Gasteiger partial charge >= 0.3 is 0 Å². The molecule has 1 atom stereocenters. The Morgan fingerprint density at radius 3 is 2.17 bits per heavy atom. The van der Waals surface area contributed by atoms with Crippen LogP contribution < -0.4 is 0 Å². The van der Waals surface area contributed by atoms with E-state index in [-0.39, 0.29) is 5.56 Å². The van der Waals surface area contributed by atoms with Crippen LogP contribution in [0.4, 0.5) is 0 Å². The van der Waals surface area contributed by atoms with Gasteiger partial charge in [0.15, 0.2) is 6.10 Å². The first kappa shape index (κ1) is 18.3. The number of rotatable bonds is 4. The van der Waals surface area contributed by atoms with Gasteiger partial charge in [-0.25, -0.2) is 0 Å². The second kappa shape index (κ2) is 6.46. The maximum absolute atomic E-state index is 12.4. The lowest BCUT2D eigenvalue weighted by molar-refractivity contribution is -0.226. The first-order valence-corrected chi connectivity index (χ1v) is 8.14. The van der Waals surface area contributed by atoms with Gasteiger partial charge in [0.05, 0.1) is 5.57 Å². The Hall–Kier alpha value is -2.04. The number of hydrogen-bond donors (Lipinski definition) is 3. The van der Waals surface area contributed by atoms with Crippen molar-refractivity contribution in [3.05, 3.63) is 52.4 Å². The van der Waals surface area contributed by atoms with Gasteiger partial charge < -0.3 is 19.7 Å². The van der Waals surface area contributed by atoms with Crippen molar-refractivity contribution < 1.29 is 37.5 Å². The highest BCUT2D eigenvalue weighted by atomic mass is 32.2. The van der Waals surface area contributed by atoms with E-state index < -0.39 is 44.0 Å². The number of aliphatic hydroxyl groups excluding tert-OH is 2. The number of aliphatic hydroxyl groups is 2. The Morgan fingerprint density at radius 1 is 1.17 bits per heavy atom. The fourth-order valence-electron chi connectivity index (χ4n) is 2.46. The number of Topliss-reactive ketones (excluding diaryl/α,β-unsaturated/α-hetero) is 1. The molecule has 0 heterocycles. The van der Waals surface area contributed by atoms with Crippen LogP contribution in [0.1, 0.15) is 5.56 Å². The normalized spacial score (nSPS) is 22.9. The largest absolute Gasteiger partial charge is 0.507 e. The SMILES string of the molecule is COC1(OC)C(S(=O)(=O)O)=CC(=C(O)c2ccccc2)C(=O)C1O. The smallest absolute Gasteiger partial charge is 0.296 e. The molecule has 8 nitrogen and oxygen atoms in total. The lowest BCUT2D eigenvalue weighted by Crippen LogP contribution is -2.55. The molecular weight excluding hydrogens is 340 g/mol. The summed E-state index contributed by atoms with van der Waals surface area (Å²) in [6.45, 7) is 0. The van der Waals surface area contributed by atoms with Gasteiger partial charge in [-0.1, -0.05) is 30.3 Å². The summed E-state index contributed by atoms with van der Waals surface area (Å²) in [6.07, 6.45) is -1.39. The molecule has 9 heteroatoms. The number of hydrogen-bond acceptors (Lipinski definition) is 7. The van der Waals surface area contributed by atoms with Gasteiger partial charge in [0.25, 0.3) is 10.1 Å². The van der Waals surface area contributed by atoms with Gasteiger partial charge in [-0.2, -0.15) is 8.42 Å². The molecule has 1 aliphatic carbocycles. The Balaban J connectivity index is 2.79. The van der Waals surface area contributed by atoms with E-state index in [9.17, 15) is 28.0 Å². The minimum Gasteiger partial charge on any atom is -0.507 e. The molecule has 0 fully saturated rings. The molecule has 0 aromatic heterocycles. The van der Waals surface area contributed by atoms with E-state index in [0.717, 1.165) is 20.3 Å². The molecule has 1 unspecified atom stereocenters. The molecule has 0 saturated heterocycles. The van der Waals surface area contributed by atoms with Gasteiger partial charge in [0, 0.05) is 19.8 Å². The van der Waals surface area contributed by atoms with E-state index in [1.807, 2.05) is 0 Å². The molecule has 0 bridgehead atoms. The van der Waals surface area contributed by atoms with Crippen LogP contribution in [-0.2, 0) is 24.4 Å². The van der Waals surface area contributed by atoms with Gasteiger partial charge in [-0.3, -0.25) is 9.35 Å². The van der Waals surface area contributed by atoms with Gasteiger partial charge in [0.2, 0.25) is 11.6 Å². The lowest BCUT2D eigenvalue weighted by atomic mass is 9.90. The predicted octanol–water partition coefficient (Wildman–Crippen LogP) is 0.660. The van der Waals surface area contributed by atoms with Crippen molar-refractivity contribution >= 4 is 21.7 Å². The zero-order valence-electron chi connectivity index (χ0n) is 12.8. The molecule has 130 valence electrons. The number of methoxy groups -OCH3 is 2. The topological polar surface area (TPSA) is 130 Å². The number of benzene rings is 1. The van der Waals surface area contributed by atoms with E-state index in [2.05, 4.69) is 0 Å². The van der Waals surface area contributed by atoms with Crippen molar-refractivity contribution in [2.45, 2.75) is 11.9 Å². The van der Waals surface area contributed by atoms with E-state index in [1.54, 1.807) is 18.2 Å². The van der Waals surface area contributed by atoms with Crippen LogP contribution in [0.5, 0.6) is 0 Å². The number of carbonyl (C=O) groups excluding carboxylic acids is 1. The van der Waals surface area contributed by atoms with Gasteiger partial charge in [-0.05, 0) is 6.08 Å². The van der Waals surface area contributed by atoms with Crippen LogP contribution in [0, 0.1) is 0 Å².